The predicted molar refractivity (Wildman–Crippen MR) is 52.4 cm³/mol. The van der Waals surface area contributed by atoms with E-state index >= 15 is 0 Å². The number of rotatable bonds is 1. The van der Waals surface area contributed by atoms with E-state index in [-0.39, 0.29) is 6.61 Å². The van der Waals surface area contributed by atoms with Crippen molar-refractivity contribution in [3.63, 3.8) is 0 Å². The number of hydrogen-bond donors (Lipinski definition) is 1. The molecule has 1 heterocycles. The summed E-state index contributed by atoms with van der Waals surface area (Å²) in [6, 6.07) is 8.00. The van der Waals surface area contributed by atoms with Gasteiger partial charge in [-0.2, -0.15) is 0 Å². The molecule has 0 amide bonds. The first-order valence-corrected chi connectivity index (χ1v) is 4.26. The Bertz CT molecular complexity index is 437. The molecule has 0 aliphatic carbocycles. The van der Waals surface area contributed by atoms with Gasteiger partial charge in [0.25, 0.3) is 0 Å². The number of aliphatic hydroxyl groups is 1. The Hall–Kier alpha value is -1.41. The minimum Gasteiger partial charge on any atom is -0.392 e. The summed E-state index contributed by atoms with van der Waals surface area (Å²) in [5.41, 5.74) is 3.04. The van der Waals surface area contributed by atoms with Crippen molar-refractivity contribution in [1.29, 1.82) is 0 Å². The molecule has 1 aromatic carbocycles. The zero-order chi connectivity index (χ0) is 9.26. The van der Waals surface area contributed by atoms with Crippen molar-refractivity contribution in [1.82, 2.24) is 4.98 Å². The van der Waals surface area contributed by atoms with Gasteiger partial charge >= 0.3 is 0 Å². The van der Waals surface area contributed by atoms with Crippen LogP contribution in [0.4, 0.5) is 0 Å². The van der Waals surface area contributed by atoms with Crippen LogP contribution in [0.25, 0.3) is 10.9 Å². The standard InChI is InChI=1S/C11H11NO/c1-8-3-2-4-11-10(8)5-9(7-13)6-12-11/h2-6,13H,7H2,1H3. The maximum Gasteiger partial charge on any atom is 0.0704 e. The maximum absolute atomic E-state index is 8.95. The number of fused-ring (bicyclic) bond motifs is 1. The number of aryl methyl sites for hydroxylation is 1. The van der Waals surface area contributed by atoms with Crippen molar-refractivity contribution < 1.29 is 5.11 Å². The quantitative estimate of drug-likeness (QED) is 0.715. The highest BCUT2D eigenvalue weighted by Gasteiger charge is 1.98. The molecular formula is C11H11NO. The van der Waals surface area contributed by atoms with Crippen molar-refractivity contribution in [3.05, 3.63) is 41.6 Å². The van der Waals surface area contributed by atoms with E-state index in [0.717, 1.165) is 16.5 Å². The van der Waals surface area contributed by atoms with Crippen molar-refractivity contribution in [2.45, 2.75) is 13.5 Å². The van der Waals surface area contributed by atoms with Gasteiger partial charge in [-0.25, -0.2) is 0 Å². The summed E-state index contributed by atoms with van der Waals surface area (Å²) in [5, 5.41) is 10.1. The van der Waals surface area contributed by atoms with E-state index in [2.05, 4.69) is 4.98 Å². The Kier molecular flexibility index (Phi) is 1.99. The van der Waals surface area contributed by atoms with Crippen LogP contribution < -0.4 is 0 Å². The van der Waals surface area contributed by atoms with E-state index in [1.54, 1.807) is 6.20 Å². The van der Waals surface area contributed by atoms with E-state index in [1.807, 2.05) is 31.2 Å². The molecule has 0 spiro atoms. The molecule has 0 bridgehead atoms. The average Bonchev–Trinajstić information content (AvgIpc) is 2.18. The Morgan fingerprint density at radius 1 is 1.38 bits per heavy atom. The molecule has 0 saturated heterocycles. The summed E-state index contributed by atoms with van der Waals surface area (Å²) in [5.74, 6) is 0. The summed E-state index contributed by atoms with van der Waals surface area (Å²) < 4.78 is 0. The molecule has 0 aliphatic heterocycles. The molecule has 0 aliphatic rings. The molecule has 0 radical (unpaired) electrons. The Morgan fingerprint density at radius 3 is 3.00 bits per heavy atom. The van der Waals surface area contributed by atoms with Gasteiger partial charge in [0.1, 0.15) is 0 Å². The number of nitrogens with zero attached hydrogens (tertiary/aromatic N) is 1. The second-order valence-electron chi connectivity index (χ2n) is 3.14. The molecule has 2 aromatic rings. The molecule has 13 heavy (non-hydrogen) atoms. The smallest absolute Gasteiger partial charge is 0.0704 e. The fourth-order valence-corrected chi connectivity index (χ4v) is 1.43. The lowest BCUT2D eigenvalue weighted by molar-refractivity contribution is 0.281. The Balaban J connectivity index is 2.74. The third-order valence-electron chi connectivity index (χ3n) is 2.18. The molecule has 0 saturated carbocycles. The van der Waals surface area contributed by atoms with E-state index in [0.29, 0.717) is 0 Å². The lowest BCUT2D eigenvalue weighted by Crippen LogP contribution is -1.87. The van der Waals surface area contributed by atoms with Crippen LogP contribution in [0.1, 0.15) is 11.1 Å². The lowest BCUT2D eigenvalue weighted by atomic mass is 10.1. The van der Waals surface area contributed by atoms with Crippen LogP contribution in [0.15, 0.2) is 30.5 Å². The van der Waals surface area contributed by atoms with Crippen molar-refractivity contribution in [3.8, 4) is 0 Å². The van der Waals surface area contributed by atoms with Crippen LogP contribution in [0.5, 0.6) is 0 Å². The second kappa shape index (κ2) is 3.15. The molecule has 0 atom stereocenters. The fraction of sp³-hybridized carbons (Fsp3) is 0.182. The molecule has 66 valence electrons. The monoisotopic (exact) mass is 173 g/mol. The number of benzene rings is 1. The van der Waals surface area contributed by atoms with Crippen LogP contribution in [0.3, 0.4) is 0 Å². The zero-order valence-corrected chi connectivity index (χ0v) is 7.49. The fourth-order valence-electron chi connectivity index (χ4n) is 1.43. The lowest BCUT2D eigenvalue weighted by Gasteiger charge is -2.02. The summed E-state index contributed by atoms with van der Waals surface area (Å²) in [6.07, 6.45) is 1.71. The second-order valence-corrected chi connectivity index (χ2v) is 3.14. The predicted octanol–water partition coefficient (Wildman–Crippen LogP) is 2.04. The molecule has 2 nitrogen and oxygen atoms in total. The van der Waals surface area contributed by atoms with Gasteiger partial charge in [-0.1, -0.05) is 12.1 Å². The SMILES string of the molecule is Cc1cccc2ncc(CO)cc12. The molecule has 2 heteroatoms. The maximum atomic E-state index is 8.95. The summed E-state index contributed by atoms with van der Waals surface area (Å²) in [7, 11) is 0. The van der Waals surface area contributed by atoms with Crippen LogP contribution in [0, 0.1) is 6.92 Å². The first-order chi connectivity index (χ1) is 6.31. The highest BCUT2D eigenvalue weighted by molar-refractivity contribution is 5.82. The first kappa shape index (κ1) is 8.20. The van der Waals surface area contributed by atoms with Gasteiger partial charge < -0.3 is 5.11 Å². The van der Waals surface area contributed by atoms with Crippen LogP contribution in [-0.2, 0) is 6.61 Å². The highest BCUT2D eigenvalue weighted by Crippen LogP contribution is 2.17. The Morgan fingerprint density at radius 2 is 2.23 bits per heavy atom. The minimum absolute atomic E-state index is 0.0529. The highest BCUT2D eigenvalue weighted by atomic mass is 16.3. The van der Waals surface area contributed by atoms with E-state index < -0.39 is 0 Å². The van der Waals surface area contributed by atoms with Crippen molar-refractivity contribution in [2.24, 2.45) is 0 Å². The van der Waals surface area contributed by atoms with Gasteiger partial charge in [0.05, 0.1) is 12.1 Å². The normalized spacial score (nSPS) is 10.6. The molecule has 0 unspecified atom stereocenters. The zero-order valence-electron chi connectivity index (χ0n) is 7.49. The van der Waals surface area contributed by atoms with Gasteiger partial charge in [-0.3, -0.25) is 4.98 Å². The third-order valence-corrected chi connectivity index (χ3v) is 2.18. The van der Waals surface area contributed by atoms with Gasteiger partial charge in [0, 0.05) is 11.6 Å². The number of aromatic nitrogens is 1. The molecule has 0 fully saturated rings. The number of hydrogen-bond acceptors (Lipinski definition) is 2. The first-order valence-electron chi connectivity index (χ1n) is 4.26. The van der Waals surface area contributed by atoms with E-state index in [4.69, 9.17) is 5.11 Å². The van der Waals surface area contributed by atoms with Crippen LogP contribution >= 0.6 is 0 Å². The molecule has 1 aromatic heterocycles. The summed E-state index contributed by atoms with van der Waals surface area (Å²) in [6.45, 7) is 2.10. The summed E-state index contributed by atoms with van der Waals surface area (Å²) in [4.78, 5) is 4.25. The van der Waals surface area contributed by atoms with Crippen LogP contribution in [-0.4, -0.2) is 10.1 Å². The van der Waals surface area contributed by atoms with Crippen molar-refractivity contribution >= 4 is 10.9 Å². The number of aliphatic hydroxyl groups excluding tert-OH is 1. The van der Waals surface area contributed by atoms with E-state index in [9.17, 15) is 0 Å². The largest absolute Gasteiger partial charge is 0.392 e. The van der Waals surface area contributed by atoms with Crippen molar-refractivity contribution in [2.75, 3.05) is 0 Å². The topological polar surface area (TPSA) is 33.1 Å². The third kappa shape index (κ3) is 1.40. The van der Waals surface area contributed by atoms with Gasteiger partial charge in [0.15, 0.2) is 0 Å². The van der Waals surface area contributed by atoms with Gasteiger partial charge in [-0.05, 0) is 30.2 Å². The minimum atomic E-state index is 0.0529. The summed E-state index contributed by atoms with van der Waals surface area (Å²) >= 11 is 0. The van der Waals surface area contributed by atoms with Gasteiger partial charge in [0.2, 0.25) is 0 Å². The Labute approximate surface area is 76.9 Å². The van der Waals surface area contributed by atoms with Gasteiger partial charge in [-0.15, -0.1) is 0 Å². The van der Waals surface area contributed by atoms with Crippen LogP contribution in [0.2, 0.25) is 0 Å². The molecule has 1 N–H and O–H groups in total. The average molecular weight is 173 g/mol. The molecular weight excluding hydrogens is 162 g/mol. The molecule has 2 rings (SSSR count). The number of pyridine rings is 1. The van der Waals surface area contributed by atoms with E-state index in [1.165, 1.54) is 5.56 Å².